The van der Waals surface area contributed by atoms with E-state index in [1.54, 1.807) is 0 Å². The standard InChI is InChI=1S/C36H34N3O/c1-6-30-26-12-8-7-11-25(26)28-15-16-31-34(36-29(20-37-31)27-13-9-10-14-33(27)40-36)32-19-24(22(4)21(2)3)17-18-39(32)23(5)35(28)38-30/h6-14,17-22,28,35H,1,5,15-16H2,2-4H3/q+1. The molecular formula is C36H34N3O+. The first-order valence-electron chi connectivity index (χ1n) is 14.3. The summed E-state index contributed by atoms with van der Waals surface area (Å²) in [6.45, 7) is 15.7. The molecule has 0 bridgehead atoms. The molecule has 7 rings (SSSR count). The summed E-state index contributed by atoms with van der Waals surface area (Å²) in [5.74, 6) is 1.10. The number of fused-ring (bicyclic) bond motifs is 10. The van der Waals surface area contributed by atoms with Crippen molar-refractivity contribution in [2.75, 3.05) is 0 Å². The Bertz CT molecular complexity index is 1860. The Morgan fingerprint density at radius 1 is 1.02 bits per heavy atom. The molecule has 2 aliphatic rings. The molecule has 5 aromatic rings. The van der Waals surface area contributed by atoms with Gasteiger partial charge in [0, 0.05) is 40.6 Å². The van der Waals surface area contributed by atoms with Gasteiger partial charge >= 0.3 is 0 Å². The maximum atomic E-state index is 6.61. The van der Waals surface area contributed by atoms with Gasteiger partial charge < -0.3 is 4.42 Å². The lowest BCUT2D eigenvalue weighted by atomic mass is 9.80. The van der Waals surface area contributed by atoms with Crippen LogP contribution in [0.25, 0.3) is 38.9 Å². The third-order valence-corrected chi connectivity index (χ3v) is 9.09. The number of rotatable bonds is 3. The van der Waals surface area contributed by atoms with E-state index in [1.807, 2.05) is 24.4 Å². The van der Waals surface area contributed by atoms with Crippen molar-refractivity contribution in [3.63, 3.8) is 0 Å². The van der Waals surface area contributed by atoms with Gasteiger partial charge in [-0.15, -0.1) is 0 Å². The SMILES string of the molecule is C=CC1=NC2C(=C)[n+]3ccc(C(C)C(C)C)cc3-c3c(ncc4c3oc3ccccc34)CCC2c2ccccc21. The molecule has 2 aliphatic heterocycles. The number of allylic oxidation sites excluding steroid dienone is 1. The van der Waals surface area contributed by atoms with Gasteiger partial charge in [-0.05, 0) is 54.5 Å². The first kappa shape index (κ1) is 24.7. The van der Waals surface area contributed by atoms with Crippen molar-refractivity contribution < 1.29 is 8.98 Å². The average molecular weight is 525 g/mol. The van der Waals surface area contributed by atoms with Crippen molar-refractivity contribution in [3.8, 4) is 11.3 Å². The molecule has 0 fully saturated rings. The first-order chi connectivity index (χ1) is 19.5. The van der Waals surface area contributed by atoms with Gasteiger partial charge in [0.2, 0.25) is 11.4 Å². The van der Waals surface area contributed by atoms with E-state index in [1.165, 1.54) is 11.1 Å². The van der Waals surface area contributed by atoms with Crippen molar-refractivity contribution in [3.05, 3.63) is 115 Å². The zero-order valence-corrected chi connectivity index (χ0v) is 23.4. The van der Waals surface area contributed by atoms with Crippen LogP contribution in [-0.4, -0.2) is 16.7 Å². The summed E-state index contributed by atoms with van der Waals surface area (Å²) in [5, 5.41) is 2.13. The van der Waals surface area contributed by atoms with Gasteiger partial charge in [-0.3, -0.25) is 9.98 Å². The molecule has 0 saturated carbocycles. The lowest BCUT2D eigenvalue weighted by Crippen LogP contribution is -2.42. The Hall–Kier alpha value is -4.31. The summed E-state index contributed by atoms with van der Waals surface area (Å²) >= 11 is 0. The topological polar surface area (TPSA) is 42.3 Å². The predicted molar refractivity (Wildman–Crippen MR) is 164 cm³/mol. The molecule has 0 saturated heterocycles. The van der Waals surface area contributed by atoms with E-state index in [4.69, 9.17) is 21.0 Å². The van der Waals surface area contributed by atoms with E-state index >= 15 is 0 Å². The molecule has 198 valence electrons. The number of pyridine rings is 2. The number of benzene rings is 2. The number of para-hydroxylation sites is 1. The fraction of sp³-hybridized carbons (Fsp3) is 0.250. The molecule has 2 aromatic carbocycles. The summed E-state index contributed by atoms with van der Waals surface area (Å²) in [6, 6.07) is 21.3. The van der Waals surface area contributed by atoms with Crippen molar-refractivity contribution >= 4 is 33.3 Å². The van der Waals surface area contributed by atoms with E-state index in [0.717, 1.165) is 68.7 Å². The second-order valence-electron chi connectivity index (χ2n) is 11.6. The van der Waals surface area contributed by atoms with E-state index in [2.05, 4.69) is 86.6 Å². The van der Waals surface area contributed by atoms with Gasteiger partial charge in [-0.2, -0.15) is 4.57 Å². The molecule has 0 spiro atoms. The number of hydrogen-bond donors (Lipinski definition) is 0. The molecule has 4 nitrogen and oxygen atoms in total. The number of nitrogens with zero attached hydrogens (tertiary/aromatic N) is 3. The van der Waals surface area contributed by atoms with Gasteiger partial charge in [-0.1, -0.05) is 69.8 Å². The number of aryl methyl sites for hydroxylation is 1. The zero-order valence-electron chi connectivity index (χ0n) is 23.4. The van der Waals surface area contributed by atoms with Gasteiger partial charge in [-0.25, -0.2) is 0 Å². The van der Waals surface area contributed by atoms with Crippen molar-refractivity contribution in [1.82, 2.24) is 4.98 Å². The molecule has 3 aromatic heterocycles. The Morgan fingerprint density at radius 2 is 1.82 bits per heavy atom. The average Bonchev–Trinajstić information content (AvgIpc) is 3.38. The fourth-order valence-corrected chi connectivity index (χ4v) is 6.55. The molecule has 3 unspecified atom stereocenters. The van der Waals surface area contributed by atoms with E-state index in [0.29, 0.717) is 11.8 Å². The van der Waals surface area contributed by atoms with E-state index < -0.39 is 0 Å². The summed E-state index contributed by atoms with van der Waals surface area (Å²) < 4.78 is 8.85. The maximum absolute atomic E-state index is 6.61. The van der Waals surface area contributed by atoms with Crippen LogP contribution in [0.1, 0.15) is 61.4 Å². The molecule has 0 radical (unpaired) electrons. The molecule has 0 N–H and O–H groups in total. The number of aliphatic imine (C=N–C) groups is 1. The van der Waals surface area contributed by atoms with Crippen LogP contribution in [0.4, 0.5) is 0 Å². The van der Waals surface area contributed by atoms with Gasteiger partial charge in [0.25, 0.3) is 0 Å². The molecule has 40 heavy (non-hydrogen) atoms. The fourth-order valence-electron chi connectivity index (χ4n) is 6.55. The Morgan fingerprint density at radius 3 is 2.65 bits per heavy atom. The minimum atomic E-state index is -0.111. The van der Waals surface area contributed by atoms with Crippen molar-refractivity contribution in [2.24, 2.45) is 10.9 Å². The molecule has 0 amide bonds. The highest BCUT2D eigenvalue weighted by atomic mass is 16.3. The highest BCUT2D eigenvalue weighted by Gasteiger charge is 2.39. The molecule has 5 heterocycles. The molecular weight excluding hydrogens is 490 g/mol. The van der Waals surface area contributed by atoms with Crippen LogP contribution in [0, 0.1) is 5.92 Å². The minimum absolute atomic E-state index is 0.111. The first-order valence-corrected chi connectivity index (χ1v) is 14.3. The van der Waals surface area contributed by atoms with Crippen LogP contribution in [0.5, 0.6) is 0 Å². The van der Waals surface area contributed by atoms with Crippen LogP contribution in [0.15, 0.2) is 102 Å². The zero-order chi connectivity index (χ0) is 27.5. The Kier molecular flexibility index (Phi) is 5.81. The summed E-state index contributed by atoms with van der Waals surface area (Å²) in [6.07, 6.45) is 7.78. The monoisotopic (exact) mass is 524 g/mol. The Balaban J connectivity index is 1.54. The number of aromatic nitrogens is 2. The van der Waals surface area contributed by atoms with Gasteiger partial charge in [0.05, 0.1) is 11.4 Å². The smallest absolute Gasteiger partial charge is 0.224 e. The maximum Gasteiger partial charge on any atom is 0.224 e. The number of hydrogen-bond acceptors (Lipinski definition) is 3. The van der Waals surface area contributed by atoms with Crippen LogP contribution in [-0.2, 0) is 6.42 Å². The predicted octanol–water partition coefficient (Wildman–Crippen LogP) is 8.25. The van der Waals surface area contributed by atoms with E-state index in [-0.39, 0.29) is 12.0 Å². The van der Waals surface area contributed by atoms with Crippen molar-refractivity contribution in [2.45, 2.75) is 51.5 Å². The van der Waals surface area contributed by atoms with Crippen LogP contribution in [0.3, 0.4) is 0 Å². The highest BCUT2D eigenvalue weighted by Crippen LogP contribution is 2.43. The van der Waals surface area contributed by atoms with Crippen LogP contribution >= 0.6 is 0 Å². The largest absolute Gasteiger partial charge is 0.455 e. The normalized spacial score (nSPS) is 19.1. The minimum Gasteiger partial charge on any atom is -0.455 e. The Labute approximate surface area is 235 Å². The van der Waals surface area contributed by atoms with Crippen LogP contribution in [0.2, 0.25) is 0 Å². The third-order valence-electron chi connectivity index (χ3n) is 9.09. The second kappa shape index (κ2) is 9.41. The van der Waals surface area contributed by atoms with Gasteiger partial charge in [0.1, 0.15) is 17.2 Å². The summed E-state index contributed by atoms with van der Waals surface area (Å²) in [5.41, 5.74) is 10.6. The summed E-state index contributed by atoms with van der Waals surface area (Å²) in [4.78, 5) is 10.4. The lowest BCUT2D eigenvalue weighted by Gasteiger charge is -2.30. The molecule has 0 aliphatic carbocycles. The highest BCUT2D eigenvalue weighted by molar-refractivity contribution is 6.11. The third kappa shape index (κ3) is 3.70. The quantitative estimate of drug-likeness (QED) is 0.223. The molecule has 4 heteroatoms. The second-order valence-corrected chi connectivity index (χ2v) is 11.6. The number of furan rings is 1. The van der Waals surface area contributed by atoms with E-state index in [9.17, 15) is 0 Å². The van der Waals surface area contributed by atoms with Gasteiger partial charge in [0.15, 0.2) is 11.8 Å². The molecule has 3 atom stereocenters. The lowest BCUT2D eigenvalue weighted by molar-refractivity contribution is -0.572. The summed E-state index contributed by atoms with van der Waals surface area (Å²) in [7, 11) is 0. The van der Waals surface area contributed by atoms with Crippen molar-refractivity contribution in [1.29, 1.82) is 0 Å². The van der Waals surface area contributed by atoms with Crippen LogP contribution < -0.4 is 4.57 Å².